The number of rotatable bonds is 8. The molecule has 0 aliphatic rings. The average Bonchev–Trinajstić information content (AvgIpc) is 2.57. The van der Waals surface area contributed by atoms with Gasteiger partial charge in [0, 0.05) is 25.2 Å². The lowest BCUT2D eigenvalue weighted by Gasteiger charge is -2.27. The van der Waals surface area contributed by atoms with E-state index in [4.69, 9.17) is 4.74 Å². The van der Waals surface area contributed by atoms with Gasteiger partial charge in [-0.05, 0) is 60.6 Å². The Balaban J connectivity index is 0.00000900. The Kier molecular flexibility index (Phi) is 12.4. The van der Waals surface area contributed by atoms with E-state index in [1.165, 1.54) is 0 Å². The summed E-state index contributed by atoms with van der Waals surface area (Å²) < 4.78 is 5.30. The number of alkyl carbamates (subject to hydrolysis) is 1. The zero-order valence-corrected chi connectivity index (χ0v) is 21.9. The summed E-state index contributed by atoms with van der Waals surface area (Å²) in [7, 11) is 0. The van der Waals surface area contributed by atoms with Crippen LogP contribution in [0.25, 0.3) is 0 Å². The van der Waals surface area contributed by atoms with Gasteiger partial charge in [0.2, 0.25) is 5.91 Å². The lowest BCUT2D eigenvalue weighted by atomic mass is 10.1. The summed E-state index contributed by atoms with van der Waals surface area (Å²) >= 11 is 0. The van der Waals surface area contributed by atoms with E-state index in [0.29, 0.717) is 31.4 Å². The molecule has 4 N–H and O–H groups in total. The van der Waals surface area contributed by atoms with Gasteiger partial charge in [0.15, 0.2) is 5.96 Å². The molecule has 1 rings (SSSR count). The highest BCUT2D eigenvalue weighted by molar-refractivity contribution is 14.0. The number of amides is 2. The molecule has 0 aliphatic heterocycles. The summed E-state index contributed by atoms with van der Waals surface area (Å²) in [5.74, 6) is 0.969. The summed E-state index contributed by atoms with van der Waals surface area (Å²) in [5.41, 5.74) is -0.317. The molecule has 0 radical (unpaired) electrons. The minimum absolute atomic E-state index is 0. The number of pyridine rings is 1. The fourth-order valence-corrected chi connectivity index (χ4v) is 2.35. The lowest BCUT2D eigenvalue weighted by Crippen LogP contribution is -2.49. The Morgan fingerprint density at radius 1 is 1.13 bits per heavy atom. The fourth-order valence-electron chi connectivity index (χ4n) is 2.35. The first-order chi connectivity index (χ1) is 13.9. The molecule has 176 valence electrons. The molecule has 0 aliphatic carbocycles. The number of ether oxygens (including phenoxy) is 1. The third-order valence-electron chi connectivity index (χ3n) is 3.62. The normalized spacial score (nSPS) is 11.8. The Morgan fingerprint density at radius 2 is 1.81 bits per heavy atom. The van der Waals surface area contributed by atoms with E-state index in [9.17, 15) is 9.59 Å². The van der Waals surface area contributed by atoms with E-state index < -0.39 is 17.2 Å². The number of carbonyl (C=O) groups is 2. The van der Waals surface area contributed by atoms with Gasteiger partial charge in [0.05, 0.1) is 12.1 Å². The quantitative estimate of drug-likeness (QED) is 0.225. The van der Waals surface area contributed by atoms with Crippen molar-refractivity contribution in [3.05, 3.63) is 23.9 Å². The van der Waals surface area contributed by atoms with E-state index in [0.717, 1.165) is 5.69 Å². The lowest BCUT2D eigenvalue weighted by molar-refractivity contribution is -0.116. The molecule has 0 aromatic carbocycles. The van der Waals surface area contributed by atoms with Crippen LogP contribution in [0, 0.1) is 6.92 Å². The number of guanidine groups is 1. The van der Waals surface area contributed by atoms with Crippen LogP contribution in [0.5, 0.6) is 0 Å². The van der Waals surface area contributed by atoms with E-state index in [1.807, 2.05) is 60.6 Å². The summed E-state index contributed by atoms with van der Waals surface area (Å²) in [6, 6.07) is 5.47. The van der Waals surface area contributed by atoms with E-state index in [2.05, 4.69) is 31.2 Å². The number of aromatic nitrogens is 1. The Bertz CT molecular complexity index is 747. The van der Waals surface area contributed by atoms with Gasteiger partial charge in [-0.1, -0.05) is 6.07 Å². The number of aryl methyl sites for hydroxylation is 1. The highest BCUT2D eigenvalue weighted by atomic mass is 127. The first-order valence-corrected chi connectivity index (χ1v) is 10.2. The number of halogens is 1. The van der Waals surface area contributed by atoms with Crippen LogP contribution in [0.4, 0.5) is 10.6 Å². The first kappa shape index (κ1) is 28.9. The predicted octanol–water partition coefficient (Wildman–Crippen LogP) is 3.20. The van der Waals surface area contributed by atoms with E-state index >= 15 is 0 Å². The van der Waals surface area contributed by atoms with Crippen LogP contribution in [0.15, 0.2) is 23.2 Å². The number of hydrogen-bond donors (Lipinski definition) is 4. The third-order valence-corrected chi connectivity index (χ3v) is 3.62. The maximum Gasteiger partial charge on any atom is 0.408 e. The second-order valence-electron chi connectivity index (χ2n) is 8.60. The second-order valence-corrected chi connectivity index (χ2v) is 8.60. The van der Waals surface area contributed by atoms with Crippen LogP contribution in [0.2, 0.25) is 0 Å². The molecule has 1 aromatic heterocycles. The molecule has 9 nitrogen and oxygen atoms in total. The Morgan fingerprint density at radius 3 is 2.39 bits per heavy atom. The van der Waals surface area contributed by atoms with Crippen LogP contribution in [-0.4, -0.2) is 53.7 Å². The summed E-state index contributed by atoms with van der Waals surface area (Å²) in [6.07, 6.45) is -0.221. The maximum absolute atomic E-state index is 12.1. The summed E-state index contributed by atoms with van der Waals surface area (Å²) in [4.78, 5) is 32.9. The van der Waals surface area contributed by atoms with Gasteiger partial charge in [-0.15, -0.1) is 24.0 Å². The highest BCUT2D eigenvalue weighted by Crippen LogP contribution is 2.10. The largest absolute Gasteiger partial charge is 0.444 e. The fraction of sp³-hybridized carbons (Fsp3) is 0.619. The van der Waals surface area contributed by atoms with Gasteiger partial charge in [-0.2, -0.15) is 0 Å². The molecular formula is C21H37IN6O3. The third kappa shape index (κ3) is 13.7. The zero-order valence-electron chi connectivity index (χ0n) is 19.6. The average molecular weight is 548 g/mol. The molecule has 0 spiro atoms. The van der Waals surface area contributed by atoms with Gasteiger partial charge >= 0.3 is 6.09 Å². The van der Waals surface area contributed by atoms with Crippen molar-refractivity contribution in [2.45, 2.75) is 66.0 Å². The van der Waals surface area contributed by atoms with Crippen LogP contribution in [0.1, 0.15) is 53.7 Å². The van der Waals surface area contributed by atoms with Crippen molar-refractivity contribution in [2.75, 3.05) is 25.0 Å². The number of anilines is 1. The molecule has 0 fully saturated rings. The first-order valence-electron chi connectivity index (χ1n) is 10.2. The maximum atomic E-state index is 12.1. The minimum Gasteiger partial charge on any atom is -0.444 e. The molecule has 31 heavy (non-hydrogen) atoms. The summed E-state index contributed by atoms with van der Waals surface area (Å²) in [5, 5.41) is 11.8. The van der Waals surface area contributed by atoms with Gasteiger partial charge in [-0.25, -0.2) is 9.78 Å². The number of carbonyl (C=O) groups excluding carboxylic acids is 2. The molecule has 2 amide bonds. The zero-order chi connectivity index (χ0) is 22.8. The standard InChI is InChI=1S/C21H36N6O3.HI/c1-8-22-18(24-14-21(6,7)27-19(29)30-20(3,4)5)23-13-12-17(28)26-16-11-9-10-15(2)25-16;/h9-11H,8,12-14H2,1-7H3,(H,27,29)(H2,22,23,24)(H,25,26,28);1H. The molecule has 10 heteroatoms. The van der Waals surface area contributed by atoms with Crippen LogP contribution >= 0.6 is 24.0 Å². The summed E-state index contributed by atoms with van der Waals surface area (Å²) in [6.45, 7) is 14.4. The van der Waals surface area contributed by atoms with Gasteiger partial charge in [0.1, 0.15) is 11.4 Å². The SMILES string of the molecule is CCNC(=NCC(C)(C)NC(=O)OC(C)(C)C)NCCC(=O)Nc1cccc(C)n1.I. The van der Waals surface area contributed by atoms with Crippen molar-refractivity contribution in [3.8, 4) is 0 Å². The number of hydrogen-bond acceptors (Lipinski definition) is 5. The number of nitrogens with zero attached hydrogens (tertiary/aromatic N) is 2. The van der Waals surface area contributed by atoms with Crippen LogP contribution in [0.3, 0.4) is 0 Å². The highest BCUT2D eigenvalue weighted by Gasteiger charge is 2.24. The van der Waals surface area contributed by atoms with Crippen molar-refractivity contribution in [3.63, 3.8) is 0 Å². The van der Waals surface area contributed by atoms with Crippen molar-refractivity contribution in [1.82, 2.24) is 20.9 Å². The van der Waals surface area contributed by atoms with Crippen LogP contribution in [-0.2, 0) is 9.53 Å². The molecule has 0 atom stereocenters. The molecule has 0 unspecified atom stereocenters. The van der Waals surface area contributed by atoms with E-state index in [-0.39, 0.29) is 36.3 Å². The van der Waals surface area contributed by atoms with Gasteiger partial charge in [-0.3, -0.25) is 9.79 Å². The molecule has 0 bridgehead atoms. The van der Waals surface area contributed by atoms with Crippen molar-refractivity contribution < 1.29 is 14.3 Å². The molecular weight excluding hydrogens is 511 g/mol. The predicted molar refractivity (Wildman–Crippen MR) is 135 cm³/mol. The second kappa shape index (κ2) is 13.3. The molecule has 1 aromatic rings. The minimum atomic E-state index is -0.598. The van der Waals surface area contributed by atoms with E-state index in [1.54, 1.807) is 6.07 Å². The van der Waals surface area contributed by atoms with Gasteiger partial charge < -0.3 is 26.0 Å². The Hall–Kier alpha value is -2.11. The van der Waals surface area contributed by atoms with Crippen molar-refractivity contribution >= 4 is 47.8 Å². The molecule has 1 heterocycles. The number of aliphatic imine (C=N–C) groups is 1. The van der Waals surface area contributed by atoms with Crippen LogP contribution < -0.4 is 21.3 Å². The smallest absolute Gasteiger partial charge is 0.408 e. The van der Waals surface area contributed by atoms with Crippen molar-refractivity contribution in [1.29, 1.82) is 0 Å². The number of nitrogens with one attached hydrogen (secondary N) is 4. The Labute approximate surface area is 202 Å². The molecule has 0 saturated heterocycles. The molecule has 0 saturated carbocycles. The van der Waals surface area contributed by atoms with Crippen molar-refractivity contribution in [2.24, 2.45) is 4.99 Å². The monoisotopic (exact) mass is 548 g/mol. The van der Waals surface area contributed by atoms with Gasteiger partial charge in [0.25, 0.3) is 0 Å². The topological polar surface area (TPSA) is 117 Å².